The van der Waals surface area contributed by atoms with Gasteiger partial charge in [0, 0.05) is 38.8 Å². The minimum absolute atomic E-state index is 0.567. The first-order chi connectivity index (χ1) is 14.5. The summed E-state index contributed by atoms with van der Waals surface area (Å²) < 4.78 is 2.39. The molecule has 2 aliphatic carbocycles. The number of aryl methyl sites for hydroxylation is 1. The highest BCUT2D eigenvalue weighted by Crippen LogP contribution is 2.41. The molecule has 0 spiro atoms. The fraction of sp³-hybridized carbons (Fsp3) is 0.320. The first kappa shape index (κ1) is 19.7. The maximum atomic E-state index is 11.9. The van der Waals surface area contributed by atoms with Crippen LogP contribution in [0.2, 0.25) is 10.0 Å². The van der Waals surface area contributed by atoms with E-state index in [0.29, 0.717) is 28.6 Å². The zero-order chi connectivity index (χ0) is 20.8. The molecule has 2 aromatic carbocycles. The molecule has 30 heavy (non-hydrogen) atoms. The highest BCUT2D eigenvalue weighted by Gasteiger charge is 2.27. The molecule has 154 valence electrons. The SMILES string of the molecule is O=C(O)C1=C(c2cccc3c4c(n(Cc5ccc(Cl)cc5Cl)c23)CCCC4)CCC1. The van der Waals surface area contributed by atoms with Crippen molar-refractivity contribution in [3.8, 4) is 0 Å². The third-order valence-electron chi connectivity index (χ3n) is 6.54. The number of rotatable bonds is 4. The normalized spacial score (nSPS) is 16.3. The maximum Gasteiger partial charge on any atom is 0.331 e. The first-order valence-corrected chi connectivity index (χ1v) is 11.3. The van der Waals surface area contributed by atoms with Crippen LogP contribution in [0.15, 0.2) is 42.0 Å². The smallest absolute Gasteiger partial charge is 0.331 e. The topological polar surface area (TPSA) is 42.2 Å². The van der Waals surface area contributed by atoms with Crippen molar-refractivity contribution >= 4 is 45.6 Å². The number of carboxylic acids is 1. The minimum atomic E-state index is -0.789. The zero-order valence-corrected chi connectivity index (χ0v) is 18.2. The van der Waals surface area contributed by atoms with Gasteiger partial charge >= 0.3 is 5.97 Å². The predicted molar refractivity (Wildman–Crippen MR) is 123 cm³/mol. The Morgan fingerprint density at radius 2 is 1.83 bits per heavy atom. The number of benzene rings is 2. The van der Waals surface area contributed by atoms with E-state index in [1.165, 1.54) is 29.5 Å². The van der Waals surface area contributed by atoms with Crippen LogP contribution in [-0.4, -0.2) is 15.6 Å². The van der Waals surface area contributed by atoms with E-state index in [1.807, 2.05) is 12.1 Å². The number of hydrogen-bond acceptors (Lipinski definition) is 1. The maximum absolute atomic E-state index is 11.9. The molecule has 0 bridgehead atoms. The standard InChI is InChI=1S/C25H23Cl2NO2/c26-16-12-11-15(22(27)13-16)14-28-23-10-2-1-5-18(23)20-8-4-7-19(24(20)28)17-6-3-9-21(17)25(29)30/h4,7-8,11-13H,1-3,5-6,9-10,14H2,(H,29,30). The van der Waals surface area contributed by atoms with Gasteiger partial charge in [-0.3, -0.25) is 0 Å². The molecule has 0 saturated carbocycles. The van der Waals surface area contributed by atoms with Gasteiger partial charge in [0.1, 0.15) is 0 Å². The van der Waals surface area contributed by atoms with Crippen LogP contribution in [0.5, 0.6) is 0 Å². The number of fused-ring (bicyclic) bond motifs is 3. The Hall–Kier alpha value is -2.23. The van der Waals surface area contributed by atoms with Crippen molar-refractivity contribution in [1.29, 1.82) is 0 Å². The Morgan fingerprint density at radius 1 is 1.00 bits per heavy atom. The van der Waals surface area contributed by atoms with Crippen molar-refractivity contribution in [2.75, 3.05) is 0 Å². The van der Waals surface area contributed by atoms with Crippen molar-refractivity contribution in [3.05, 3.63) is 74.4 Å². The Kier molecular flexibility index (Phi) is 5.12. The molecule has 0 aliphatic heterocycles. The molecule has 1 N–H and O–H groups in total. The Bertz CT molecular complexity index is 1210. The fourth-order valence-electron chi connectivity index (χ4n) is 5.21. The number of allylic oxidation sites excluding steroid dienone is 1. The van der Waals surface area contributed by atoms with Gasteiger partial charge < -0.3 is 9.67 Å². The van der Waals surface area contributed by atoms with Crippen molar-refractivity contribution in [1.82, 2.24) is 4.57 Å². The van der Waals surface area contributed by atoms with E-state index in [-0.39, 0.29) is 0 Å². The summed E-state index contributed by atoms with van der Waals surface area (Å²) in [6.45, 7) is 0.661. The van der Waals surface area contributed by atoms with Gasteiger partial charge in [0.15, 0.2) is 0 Å². The molecule has 3 nitrogen and oxygen atoms in total. The second-order valence-corrected chi connectivity index (χ2v) is 9.12. The summed E-state index contributed by atoms with van der Waals surface area (Å²) >= 11 is 12.6. The highest BCUT2D eigenvalue weighted by molar-refractivity contribution is 6.35. The van der Waals surface area contributed by atoms with E-state index in [0.717, 1.165) is 47.9 Å². The lowest BCUT2D eigenvalue weighted by Crippen LogP contribution is -2.10. The number of aromatic nitrogens is 1. The molecule has 0 atom stereocenters. The largest absolute Gasteiger partial charge is 0.478 e. The van der Waals surface area contributed by atoms with Gasteiger partial charge in [-0.05, 0) is 73.8 Å². The van der Waals surface area contributed by atoms with E-state index in [4.69, 9.17) is 23.2 Å². The third-order valence-corrected chi connectivity index (χ3v) is 7.13. The predicted octanol–water partition coefficient (Wildman–Crippen LogP) is 6.90. The monoisotopic (exact) mass is 439 g/mol. The number of halogens is 2. The van der Waals surface area contributed by atoms with Crippen LogP contribution in [0, 0.1) is 0 Å². The van der Waals surface area contributed by atoms with Gasteiger partial charge in [-0.15, -0.1) is 0 Å². The summed E-state index contributed by atoms with van der Waals surface area (Å²) in [7, 11) is 0. The van der Waals surface area contributed by atoms with Crippen LogP contribution < -0.4 is 0 Å². The summed E-state index contributed by atoms with van der Waals surface area (Å²) in [5.74, 6) is -0.789. The van der Waals surface area contributed by atoms with Gasteiger partial charge in [-0.25, -0.2) is 4.79 Å². The van der Waals surface area contributed by atoms with E-state index in [9.17, 15) is 9.90 Å². The fourth-order valence-corrected chi connectivity index (χ4v) is 5.67. The summed E-state index contributed by atoms with van der Waals surface area (Å²) in [4.78, 5) is 11.9. The lowest BCUT2D eigenvalue weighted by molar-refractivity contribution is -0.132. The molecular weight excluding hydrogens is 417 g/mol. The number of aliphatic carboxylic acids is 1. The van der Waals surface area contributed by atoms with Crippen molar-refractivity contribution in [2.24, 2.45) is 0 Å². The number of nitrogens with zero attached hydrogens (tertiary/aromatic N) is 1. The number of carbonyl (C=O) groups is 1. The zero-order valence-electron chi connectivity index (χ0n) is 16.7. The molecule has 0 fully saturated rings. The summed E-state index contributed by atoms with van der Waals surface area (Å²) in [5, 5.41) is 12.3. The van der Waals surface area contributed by atoms with Crippen LogP contribution >= 0.6 is 23.2 Å². The summed E-state index contributed by atoms with van der Waals surface area (Å²) in [5.41, 5.74) is 7.60. The minimum Gasteiger partial charge on any atom is -0.478 e. The molecule has 0 saturated heterocycles. The van der Waals surface area contributed by atoms with Crippen LogP contribution in [0.25, 0.3) is 16.5 Å². The molecule has 0 radical (unpaired) electrons. The van der Waals surface area contributed by atoms with Gasteiger partial charge in [0.05, 0.1) is 5.52 Å². The number of hydrogen-bond donors (Lipinski definition) is 1. The van der Waals surface area contributed by atoms with Crippen molar-refractivity contribution in [2.45, 2.75) is 51.5 Å². The van der Waals surface area contributed by atoms with Gasteiger partial charge in [-0.2, -0.15) is 0 Å². The average Bonchev–Trinajstić information content (AvgIpc) is 3.34. The van der Waals surface area contributed by atoms with E-state index < -0.39 is 5.97 Å². The molecule has 3 aromatic rings. The molecule has 0 amide bonds. The summed E-state index contributed by atoms with van der Waals surface area (Å²) in [6, 6.07) is 12.0. The second-order valence-electron chi connectivity index (χ2n) is 8.27. The average molecular weight is 440 g/mol. The van der Waals surface area contributed by atoms with Crippen molar-refractivity contribution in [3.63, 3.8) is 0 Å². The Labute approximate surface area is 185 Å². The van der Waals surface area contributed by atoms with Gasteiger partial charge in [0.2, 0.25) is 0 Å². The van der Waals surface area contributed by atoms with Crippen LogP contribution in [0.4, 0.5) is 0 Å². The molecule has 1 heterocycles. The lowest BCUT2D eigenvalue weighted by Gasteiger charge is -2.18. The van der Waals surface area contributed by atoms with Gasteiger partial charge in [0.25, 0.3) is 0 Å². The molecule has 2 aliphatic rings. The first-order valence-electron chi connectivity index (χ1n) is 10.6. The van der Waals surface area contributed by atoms with E-state index in [2.05, 4.69) is 22.8 Å². The highest BCUT2D eigenvalue weighted by atomic mass is 35.5. The molecule has 1 aromatic heterocycles. The van der Waals surface area contributed by atoms with Crippen LogP contribution in [0.1, 0.15) is 54.5 Å². The summed E-state index contributed by atoms with van der Waals surface area (Å²) in [6.07, 6.45) is 6.84. The lowest BCUT2D eigenvalue weighted by atomic mass is 9.94. The molecular formula is C25H23Cl2NO2. The van der Waals surface area contributed by atoms with Gasteiger partial charge in [-0.1, -0.05) is 47.5 Å². The quantitative estimate of drug-likeness (QED) is 0.480. The Balaban J connectivity index is 1.77. The van der Waals surface area contributed by atoms with E-state index >= 15 is 0 Å². The van der Waals surface area contributed by atoms with Crippen LogP contribution in [0.3, 0.4) is 0 Å². The number of carboxylic acid groups (broad SMARTS) is 1. The number of para-hydroxylation sites is 1. The van der Waals surface area contributed by atoms with Crippen LogP contribution in [-0.2, 0) is 24.2 Å². The van der Waals surface area contributed by atoms with Crippen molar-refractivity contribution < 1.29 is 9.90 Å². The Morgan fingerprint density at radius 3 is 2.63 bits per heavy atom. The molecule has 5 heteroatoms. The third kappa shape index (κ3) is 3.25. The van der Waals surface area contributed by atoms with E-state index in [1.54, 1.807) is 6.07 Å². The molecule has 5 rings (SSSR count). The second kappa shape index (κ2) is 7.79. The molecule has 0 unspecified atom stereocenters.